The lowest BCUT2D eigenvalue weighted by Crippen LogP contribution is -2.35. The summed E-state index contributed by atoms with van der Waals surface area (Å²) in [7, 11) is 1.50. The average molecular weight is 536 g/mol. The number of hydrogen-bond acceptors (Lipinski definition) is 6. The number of carbonyl (C=O) groups excluding carboxylic acids is 2. The van der Waals surface area contributed by atoms with Crippen molar-refractivity contribution < 1.29 is 18.7 Å². The fourth-order valence-corrected chi connectivity index (χ4v) is 5.91. The molecule has 1 amide bonds. The first-order chi connectivity index (χ1) is 18.9. The number of para-hydroxylation sites is 1. The number of amides is 1. The third kappa shape index (κ3) is 5.98. The van der Waals surface area contributed by atoms with E-state index in [2.05, 4.69) is 25.6 Å². The van der Waals surface area contributed by atoms with Gasteiger partial charge in [0.1, 0.15) is 17.3 Å². The van der Waals surface area contributed by atoms with E-state index in [9.17, 15) is 9.59 Å². The van der Waals surface area contributed by atoms with Gasteiger partial charge in [-0.05, 0) is 62.7 Å². The number of aromatic nitrogens is 3. The lowest BCUT2D eigenvalue weighted by molar-refractivity contribution is -0.124. The molecule has 208 valence electrons. The van der Waals surface area contributed by atoms with Crippen molar-refractivity contribution in [2.24, 2.45) is 11.3 Å². The Morgan fingerprint density at radius 1 is 1.18 bits per heavy atom. The first kappa shape index (κ1) is 27.2. The van der Waals surface area contributed by atoms with Crippen LogP contribution in [0.25, 0.3) is 22.2 Å². The third-order valence-corrected chi connectivity index (χ3v) is 8.41. The second-order valence-corrected chi connectivity index (χ2v) is 10.9. The number of ether oxygens (including phenoxy) is 1. The molecule has 2 aromatic heterocycles. The number of piperidine rings is 1. The third-order valence-electron chi connectivity index (χ3n) is 8.41. The van der Waals surface area contributed by atoms with Gasteiger partial charge < -0.3 is 20.4 Å². The smallest absolute Gasteiger partial charge is 0.224 e. The molecule has 9 heteroatoms. The summed E-state index contributed by atoms with van der Waals surface area (Å²) in [6.07, 6.45) is 7.11. The number of nitrogens with one attached hydrogen (secondary N) is 3. The van der Waals surface area contributed by atoms with Crippen molar-refractivity contribution in [3.8, 4) is 17.1 Å². The highest BCUT2D eigenvalue weighted by atomic mass is 19.1. The Labute approximate surface area is 228 Å². The van der Waals surface area contributed by atoms with Crippen molar-refractivity contribution in [1.82, 2.24) is 25.6 Å². The number of hydrogen-bond donors (Lipinski definition) is 3. The molecule has 1 aliphatic carbocycles. The van der Waals surface area contributed by atoms with Crippen LogP contribution in [0.5, 0.6) is 5.88 Å². The number of pyridine rings is 1. The second kappa shape index (κ2) is 11.8. The van der Waals surface area contributed by atoms with Crippen LogP contribution >= 0.6 is 0 Å². The van der Waals surface area contributed by atoms with Gasteiger partial charge in [0.15, 0.2) is 0 Å². The average Bonchev–Trinajstić information content (AvgIpc) is 3.51. The number of nitrogens with zero attached hydrogens (tertiary/aromatic N) is 2. The van der Waals surface area contributed by atoms with Gasteiger partial charge in [0.05, 0.1) is 24.2 Å². The Balaban J connectivity index is 1.36. The molecule has 1 aromatic carbocycles. The summed E-state index contributed by atoms with van der Waals surface area (Å²) in [4.78, 5) is 37.0. The van der Waals surface area contributed by atoms with Gasteiger partial charge in [0.2, 0.25) is 17.7 Å². The van der Waals surface area contributed by atoms with E-state index >= 15 is 4.39 Å². The van der Waals surface area contributed by atoms with Crippen molar-refractivity contribution in [1.29, 1.82) is 0 Å². The molecule has 1 spiro atoms. The van der Waals surface area contributed by atoms with Crippen LogP contribution in [0.4, 0.5) is 4.39 Å². The number of benzene rings is 1. The monoisotopic (exact) mass is 535 g/mol. The zero-order valence-corrected chi connectivity index (χ0v) is 22.8. The fourth-order valence-electron chi connectivity index (χ4n) is 5.91. The molecule has 1 aliphatic heterocycles. The summed E-state index contributed by atoms with van der Waals surface area (Å²) in [5, 5.41) is 7.42. The SMILES string of the molecule is CCC(=O)CCCCC[C@H](NC(=O)[C@H]1CC12CCNCC2)c1nc(-c2cc3ccccc3nc2OC)c(F)[nH]1. The standard InChI is InChI=1S/C30H38FN5O3/c1-3-20(37)10-5-4-6-12-24(33-28(38)22-18-30(22)13-15-32-16-14-30)27-35-25(26(31)36-27)21-17-19-9-7-8-11-23(19)34-29(21)39-2/h7-9,11,17,22,24,32H,3-6,10,12-16,18H2,1-2H3,(H,33,38)(H,35,36)/t22-,24+/m1/s1. The zero-order chi connectivity index (χ0) is 27.4. The topological polar surface area (TPSA) is 109 Å². The number of halogens is 1. The van der Waals surface area contributed by atoms with E-state index in [1.54, 1.807) is 0 Å². The lowest BCUT2D eigenvalue weighted by Gasteiger charge is -2.24. The van der Waals surface area contributed by atoms with E-state index < -0.39 is 12.0 Å². The van der Waals surface area contributed by atoms with Crippen molar-refractivity contribution in [2.45, 2.75) is 70.8 Å². The molecule has 2 aliphatic rings. The van der Waals surface area contributed by atoms with Crippen molar-refractivity contribution in [3.05, 3.63) is 42.1 Å². The Hall–Kier alpha value is -3.33. The summed E-state index contributed by atoms with van der Waals surface area (Å²) >= 11 is 0. The van der Waals surface area contributed by atoms with Gasteiger partial charge in [-0.2, -0.15) is 4.39 Å². The molecule has 8 nitrogen and oxygen atoms in total. The number of rotatable bonds is 12. The molecular weight excluding hydrogens is 497 g/mol. The molecule has 3 heterocycles. The Bertz CT molecular complexity index is 1330. The van der Waals surface area contributed by atoms with E-state index in [-0.39, 0.29) is 34.6 Å². The van der Waals surface area contributed by atoms with E-state index in [1.807, 2.05) is 37.3 Å². The molecule has 0 unspecified atom stereocenters. The van der Waals surface area contributed by atoms with E-state index in [4.69, 9.17) is 4.74 Å². The predicted molar refractivity (Wildman–Crippen MR) is 148 cm³/mol. The number of Topliss-reactive ketones (excluding diaryl/α,β-unsaturated/α-hetero) is 1. The van der Waals surface area contributed by atoms with Crippen LogP contribution in [-0.2, 0) is 9.59 Å². The summed E-state index contributed by atoms with van der Waals surface area (Å²) in [5.41, 5.74) is 1.42. The van der Waals surface area contributed by atoms with Crippen LogP contribution in [0.2, 0.25) is 0 Å². The summed E-state index contributed by atoms with van der Waals surface area (Å²) in [6.45, 7) is 3.76. The Kier molecular flexibility index (Phi) is 8.26. The van der Waals surface area contributed by atoms with Crippen molar-refractivity contribution in [3.63, 3.8) is 0 Å². The molecule has 2 atom stereocenters. The maximum atomic E-state index is 15.4. The highest BCUT2D eigenvalue weighted by Gasteiger charge is 2.57. The van der Waals surface area contributed by atoms with Crippen LogP contribution < -0.4 is 15.4 Å². The van der Waals surface area contributed by atoms with Gasteiger partial charge in [-0.25, -0.2) is 9.97 Å². The second-order valence-electron chi connectivity index (χ2n) is 10.9. The molecule has 0 radical (unpaired) electrons. The van der Waals surface area contributed by atoms with E-state index in [0.717, 1.165) is 62.5 Å². The van der Waals surface area contributed by atoms with Gasteiger partial charge >= 0.3 is 0 Å². The van der Waals surface area contributed by atoms with E-state index in [0.29, 0.717) is 30.7 Å². The Morgan fingerprint density at radius 2 is 1.97 bits per heavy atom. The fraction of sp³-hybridized carbons (Fsp3) is 0.533. The number of aromatic amines is 1. The number of methoxy groups -OCH3 is 1. The number of fused-ring (bicyclic) bond motifs is 1. The maximum Gasteiger partial charge on any atom is 0.224 e. The van der Waals surface area contributed by atoms with Gasteiger partial charge in [-0.15, -0.1) is 0 Å². The number of ketones is 1. The lowest BCUT2D eigenvalue weighted by atomic mass is 9.91. The van der Waals surface area contributed by atoms with Crippen LogP contribution in [0.1, 0.15) is 76.6 Å². The number of carbonyl (C=O) groups is 2. The van der Waals surface area contributed by atoms with E-state index in [1.165, 1.54) is 7.11 Å². The first-order valence-electron chi connectivity index (χ1n) is 14.2. The molecule has 1 saturated carbocycles. The number of unbranched alkanes of at least 4 members (excludes halogenated alkanes) is 2. The van der Waals surface area contributed by atoms with Gasteiger partial charge in [0, 0.05) is 24.1 Å². The van der Waals surface area contributed by atoms with Gasteiger partial charge in [-0.3, -0.25) is 9.59 Å². The predicted octanol–water partition coefficient (Wildman–Crippen LogP) is 5.25. The minimum Gasteiger partial charge on any atom is -0.480 e. The molecule has 39 heavy (non-hydrogen) atoms. The minimum absolute atomic E-state index is 0.00617. The van der Waals surface area contributed by atoms with Crippen LogP contribution in [0.3, 0.4) is 0 Å². The van der Waals surface area contributed by atoms with Gasteiger partial charge in [-0.1, -0.05) is 38.0 Å². The Morgan fingerprint density at radius 3 is 2.74 bits per heavy atom. The van der Waals surface area contributed by atoms with Gasteiger partial charge in [0.25, 0.3) is 0 Å². The normalized spacial score (nSPS) is 18.7. The molecule has 3 N–H and O–H groups in total. The first-order valence-corrected chi connectivity index (χ1v) is 14.2. The van der Waals surface area contributed by atoms with Crippen LogP contribution in [-0.4, -0.2) is 46.8 Å². The highest BCUT2D eigenvalue weighted by molar-refractivity contribution is 5.86. The van der Waals surface area contributed by atoms with Crippen molar-refractivity contribution >= 4 is 22.6 Å². The quantitative estimate of drug-likeness (QED) is 0.273. The van der Waals surface area contributed by atoms with Crippen LogP contribution in [0, 0.1) is 17.3 Å². The molecule has 5 rings (SSSR count). The minimum atomic E-state index is -0.589. The largest absolute Gasteiger partial charge is 0.480 e. The summed E-state index contributed by atoms with van der Waals surface area (Å²) < 4.78 is 20.9. The molecule has 1 saturated heterocycles. The molecule has 3 aromatic rings. The number of H-pyrrole nitrogens is 1. The summed E-state index contributed by atoms with van der Waals surface area (Å²) in [6, 6.07) is 8.95. The zero-order valence-electron chi connectivity index (χ0n) is 22.8. The number of imidazole rings is 1. The molecule has 0 bridgehead atoms. The summed E-state index contributed by atoms with van der Waals surface area (Å²) in [5.74, 6) is 0.360. The highest BCUT2D eigenvalue weighted by Crippen LogP contribution is 2.58. The molecular formula is C30H38FN5O3. The molecule has 2 fully saturated rings. The maximum absolute atomic E-state index is 15.4. The van der Waals surface area contributed by atoms with Crippen molar-refractivity contribution in [2.75, 3.05) is 20.2 Å². The van der Waals surface area contributed by atoms with Crippen LogP contribution in [0.15, 0.2) is 30.3 Å².